The van der Waals surface area contributed by atoms with Crippen LogP contribution in [0, 0.1) is 12.8 Å². The summed E-state index contributed by atoms with van der Waals surface area (Å²) in [4.78, 5) is 4.32. The van der Waals surface area contributed by atoms with E-state index in [0.717, 1.165) is 31.7 Å². The molecular weight excluding hydrogens is 202 g/mol. The van der Waals surface area contributed by atoms with Crippen LogP contribution in [0.4, 0.5) is 0 Å². The lowest BCUT2D eigenvalue weighted by molar-refractivity contribution is 0.0535. The fourth-order valence-corrected chi connectivity index (χ4v) is 2.35. The lowest BCUT2D eigenvalue weighted by atomic mass is 9.87. The van der Waals surface area contributed by atoms with Gasteiger partial charge in [0.15, 0.2) is 0 Å². The first-order valence-corrected chi connectivity index (χ1v) is 5.78. The molecule has 3 N–H and O–H groups in total. The molecule has 16 heavy (non-hydrogen) atoms. The predicted molar refractivity (Wildman–Crippen MR) is 62.6 cm³/mol. The molecule has 4 heteroatoms. The minimum absolute atomic E-state index is 0.192. The number of hydrogen-bond donors (Lipinski definition) is 2. The fraction of sp³-hybridized carbons (Fsp3) is 0.583. The normalized spacial score (nSPS) is 19.6. The van der Waals surface area contributed by atoms with E-state index in [-0.39, 0.29) is 6.04 Å². The van der Waals surface area contributed by atoms with Gasteiger partial charge in [-0.05, 0) is 37.3 Å². The smallest absolute Gasteiger partial charge is 0.0507 e. The van der Waals surface area contributed by atoms with Crippen LogP contribution in [-0.4, -0.2) is 18.2 Å². The molecule has 0 aromatic carbocycles. The fourth-order valence-electron chi connectivity index (χ4n) is 2.35. The molecule has 0 aliphatic carbocycles. The first kappa shape index (κ1) is 11.5. The Balaban J connectivity index is 2.18. The van der Waals surface area contributed by atoms with Gasteiger partial charge in [-0.3, -0.25) is 16.3 Å². The highest BCUT2D eigenvalue weighted by Gasteiger charge is 2.25. The van der Waals surface area contributed by atoms with Crippen LogP contribution < -0.4 is 11.3 Å². The summed E-state index contributed by atoms with van der Waals surface area (Å²) in [6.07, 6.45) is 3.93. The minimum Gasteiger partial charge on any atom is -0.381 e. The van der Waals surface area contributed by atoms with E-state index in [4.69, 9.17) is 10.6 Å². The molecule has 0 saturated carbocycles. The van der Waals surface area contributed by atoms with Gasteiger partial charge in [0, 0.05) is 25.1 Å². The summed E-state index contributed by atoms with van der Waals surface area (Å²) in [5.74, 6) is 6.23. The average Bonchev–Trinajstić information content (AvgIpc) is 2.34. The van der Waals surface area contributed by atoms with Gasteiger partial charge in [0.1, 0.15) is 0 Å². The number of nitrogens with one attached hydrogen (secondary N) is 1. The monoisotopic (exact) mass is 221 g/mol. The van der Waals surface area contributed by atoms with Gasteiger partial charge in [-0.25, -0.2) is 0 Å². The third-order valence-electron chi connectivity index (χ3n) is 3.30. The zero-order chi connectivity index (χ0) is 11.4. The number of hydrazine groups is 1. The molecule has 0 bridgehead atoms. The Morgan fingerprint density at radius 2 is 2.25 bits per heavy atom. The van der Waals surface area contributed by atoms with Crippen molar-refractivity contribution < 1.29 is 4.74 Å². The molecule has 2 heterocycles. The Hall–Kier alpha value is -0.970. The Morgan fingerprint density at radius 3 is 2.88 bits per heavy atom. The van der Waals surface area contributed by atoms with Crippen LogP contribution >= 0.6 is 0 Å². The van der Waals surface area contributed by atoms with Crippen LogP contribution in [0.1, 0.15) is 30.1 Å². The molecule has 0 spiro atoms. The molecule has 1 atom stereocenters. The van der Waals surface area contributed by atoms with E-state index in [2.05, 4.69) is 16.5 Å². The molecule has 88 valence electrons. The van der Waals surface area contributed by atoms with E-state index >= 15 is 0 Å². The summed E-state index contributed by atoms with van der Waals surface area (Å²) in [5, 5.41) is 0. The van der Waals surface area contributed by atoms with Crippen LogP contribution in [0.5, 0.6) is 0 Å². The Bertz CT molecular complexity index is 337. The molecule has 0 amide bonds. The van der Waals surface area contributed by atoms with Crippen LogP contribution in [0.2, 0.25) is 0 Å². The van der Waals surface area contributed by atoms with Crippen LogP contribution in [0.15, 0.2) is 18.3 Å². The average molecular weight is 221 g/mol. The molecule has 1 aromatic rings. The van der Waals surface area contributed by atoms with E-state index in [9.17, 15) is 0 Å². The molecule has 1 aromatic heterocycles. The first-order chi connectivity index (χ1) is 7.83. The van der Waals surface area contributed by atoms with Crippen molar-refractivity contribution in [1.82, 2.24) is 10.4 Å². The van der Waals surface area contributed by atoms with Crippen molar-refractivity contribution in [3.63, 3.8) is 0 Å². The van der Waals surface area contributed by atoms with Gasteiger partial charge in [0.25, 0.3) is 0 Å². The predicted octanol–water partition coefficient (Wildman–Crippen LogP) is 1.32. The maximum Gasteiger partial charge on any atom is 0.0507 e. The number of aryl methyl sites for hydroxylation is 1. The number of ether oxygens (including phenoxy) is 1. The highest BCUT2D eigenvalue weighted by Crippen LogP contribution is 2.30. The molecule has 0 radical (unpaired) electrons. The number of pyridine rings is 1. The number of aromatic nitrogens is 1. The standard InChI is InChI=1S/C12H19N3O/c1-9-11(3-2-6-14-9)12(15-13)10-4-7-16-8-5-10/h2-3,6,10,12,15H,4-5,7-8,13H2,1H3. The van der Waals surface area contributed by atoms with Crippen molar-refractivity contribution in [1.29, 1.82) is 0 Å². The van der Waals surface area contributed by atoms with E-state index in [1.165, 1.54) is 5.56 Å². The molecule has 2 rings (SSSR count). The van der Waals surface area contributed by atoms with E-state index in [1.54, 1.807) is 0 Å². The molecule has 1 fully saturated rings. The Morgan fingerprint density at radius 1 is 1.50 bits per heavy atom. The highest BCUT2D eigenvalue weighted by molar-refractivity contribution is 5.23. The molecule has 1 saturated heterocycles. The second-order valence-electron chi connectivity index (χ2n) is 4.27. The second kappa shape index (κ2) is 5.39. The van der Waals surface area contributed by atoms with Crippen LogP contribution in [-0.2, 0) is 4.74 Å². The van der Waals surface area contributed by atoms with Gasteiger partial charge in [-0.2, -0.15) is 0 Å². The zero-order valence-electron chi connectivity index (χ0n) is 9.65. The number of rotatable bonds is 3. The molecular formula is C12H19N3O. The van der Waals surface area contributed by atoms with Gasteiger partial charge in [0.05, 0.1) is 6.04 Å². The summed E-state index contributed by atoms with van der Waals surface area (Å²) in [6.45, 7) is 3.70. The number of nitrogens with zero attached hydrogens (tertiary/aromatic N) is 1. The maximum absolute atomic E-state index is 5.69. The van der Waals surface area contributed by atoms with Crippen LogP contribution in [0.3, 0.4) is 0 Å². The van der Waals surface area contributed by atoms with Crippen molar-refractivity contribution in [3.8, 4) is 0 Å². The molecule has 1 aliphatic heterocycles. The quantitative estimate of drug-likeness (QED) is 0.597. The minimum atomic E-state index is 0.192. The van der Waals surface area contributed by atoms with Crippen molar-refractivity contribution in [2.45, 2.75) is 25.8 Å². The Labute approximate surface area is 96.2 Å². The molecule has 1 unspecified atom stereocenters. The van der Waals surface area contributed by atoms with E-state index in [1.807, 2.05) is 19.2 Å². The lowest BCUT2D eigenvalue weighted by Gasteiger charge is -2.30. The van der Waals surface area contributed by atoms with Gasteiger partial charge in [-0.1, -0.05) is 6.07 Å². The van der Waals surface area contributed by atoms with Crippen LogP contribution in [0.25, 0.3) is 0 Å². The van der Waals surface area contributed by atoms with E-state index in [0.29, 0.717) is 5.92 Å². The maximum atomic E-state index is 5.69. The van der Waals surface area contributed by atoms with Gasteiger partial charge in [0.2, 0.25) is 0 Å². The third kappa shape index (κ3) is 2.40. The summed E-state index contributed by atoms with van der Waals surface area (Å²) < 4.78 is 5.38. The van der Waals surface area contributed by atoms with Crippen molar-refractivity contribution in [2.24, 2.45) is 11.8 Å². The largest absolute Gasteiger partial charge is 0.381 e. The molecule has 1 aliphatic rings. The summed E-state index contributed by atoms with van der Waals surface area (Å²) >= 11 is 0. The van der Waals surface area contributed by atoms with Crippen molar-refractivity contribution in [3.05, 3.63) is 29.6 Å². The third-order valence-corrected chi connectivity index (χ3v) is 3.30. The highest BCUT2D eigenvalue weighted by atomic mass is 16.5. The Kier molecular flexibility index (Phi) is 3.88. The topological polar surface area (TPSA) is 60.2 Å². The lowest BCUT2D eigenvalue weighted by Crippen LogP contribution is -2.36. The summed E-state index contributed by atoms with van der Waals surface area (Å²) in [6, 6.07) is 4.26. The van der Waals surface area contributed by atoms with Crippen molar-refractivity contribution in [2.75, 3.05) is 13.2 Å². The van der Waals surface area contributed by atoms with E-state index < -0.39 is 0 Å². The first-order valence-electron chi connectivity index (χ1n) is 5.78. The molecule has 4 nitrogen and oxygen atoms in total. The summed E-state index contributed by atoms with van der Waals surface area (Å²) in [7, 11) is 0. The van der Waals surface area contributed by atoms with Gasteiger partial charge in [-0.15, -0.1) is 0 Å². The van der Waals surface area contributed by atoms with Gasteiger partial charge < -0.3 is 4.74 Å². The number of nitrogens with two attached hydrogens (primary N) is 1. The van der Waals surface area contributed by atoms with Gasteiger partial charge >= 0.3 is 0 Å². The number of hydrogen-bond acceptors (Lipinski definition) is 4. The second-order valence-corrected chi connectivity index (χ2v) is 4.27. The summed E-state index contributed by atoms with van der Waals surface area (Å²) in [5.41, 5.74) is 5.19. The van der Waals surface area contributed by atoms with Crippen molar-refractivity contribution >= 4 is 0 Å². The SMILES string of the molecule is Cc1ncccc1C(NN)C1CCOCC1. The zero-order valence-corrected chi connectivity index (χ0v) is 9.65.